The quantitative estimate of drug-likeness (QED) is 0.922. The SMILES string of the molecule is Cc1ccc(C(O)c2scnc2Br)cc1F. The standard InChI is InChI=1S/C11H9BrFNOS/c1-6-2-3-7(4-8(6)13)9(15)10-11(12)14-5-16-10/h2-5,9,15H,1H3. The van der Waals surface area contributed by atoms with Crippen LogP contribution >= 0.6 is 27.3 Å². The summed E-state index contributed by atoms with van der Waals surface area (Å²) in [5, 5.41) is 10.1. The molecule has 1 heterocycles. The van der Waals surface area contributed by atoms with Crippen LogP contribution in [-0.2, 0) is 0 Å². The van der Waals surface area contributed by atoms with Gasteiger partial charge in [0.15, 0.2) is 0 Å². The van der Waals surface area contributed by atoms with E-state index in [1.165, 1.54) is 17.4 Å². The highest BCUT2D eigenvalue weighted by Crippen LogP contribution is 2.31. The Morgan fingerprint density at radius 3 is 2.81 bits per heavy atom. The Kier molecular flexibility index (Phi) is 3.37. The fraction of sp³-hybridized carbons (Fsp3) is 0.182. The molecule has 2 nitrogen and oxygen atoms in total. The molecule has 0 aliphatic rings. The number of aryl methyl sites for hydroxylation is 1. The van der Waals surface area contributed by atoms with Crippen LogP contribution in [0.25, 0.3) is 0 Å². The van der Waals surface area contributed by atoms with Crippen LogP contribution in [0, 0.1) is 12.7 Å². The number of rotatable bonds is 2. The van der Waals surface area contributed by atoms with Crippen LogP contribution in [0.15, 0.2) is 28.3 Å². The van der Waals surface area contributed by atoms with E-state index in [2.05, 4.69) is 20.9 Å². The Labute approximate surface area is 105 Å². The van der Waals surface area contributed by atoms with E-state index < -0.39 is 6.10 Å². The number of aliphatic hydroxyl groups excluding tert-OH is 1. The van der Waals surface area contributed by atoms with Crippen molar-refractivity contribution in [2.24, 2.45) is 0 Å². The molecule has 1 atom stereocenters. The van der Waals surface area contributed by atoms with Gasteiger partial charge in [0.25, 0.3) is 0 Å². The molecule has 0 amide bonds. The number of nitrogens with zero attached hydrogens (tertiary/aromatic N) is 1. The molecule has 0 aliphatic heterocycles. The zero-order valence-corrected chi connectivity index (χ0v) is 10.8. The molecule has 0 aliphatic carbocycles. The van der Waals surface area contributed by atoms with Crippen molar-refractivity contribution in [3.05, 3.63) is 50.1 Å². The topological polar surface area (TPSA) is 33.1 Å². The highest BCUT2D eigenvalue weighted by atomic mass is 79.9. The molecule has 1 N–H and O–H groups in total. The van der Waals surface area contributed by atoms with E-state index in [1.807, 2.05) is 0 Å². The van der Waals surface area contributed by atoms with Crippen molar-refractivity contribution in [3.8, 4) is 0 Å². The predicted molar refractivity (Wildman–Crippen MR) is 65.0 cm³/mol. The predicted octanol–water partition coefficient (Wildman–Crippen LogP) is 3.43. The van der Waals surface area contributed by atoms with Crippen molar-refractivity contribution in [2.45, 2.75) is 13.0 Å². The van der Waals surface area contributed by atoms with Crippen molar-refractivity contribution in [3.63, 3.8) is 0 Å². The van der Waals surface area contributed by atoms with Gasteiger partial charge < -0.3 is 5.11 Å². The third-order valence-electron chi connectivity index (χ3n) is 2.31. The van der Waals surface area contributed by atoms with Crippen LogP contribution in [0.3, 0.4) is 0 Å². The average Bonchev–Trinajstić information content (AvgIpc) is 2.67. The first kappa shape index (κ1) is 11.7. The highest BCUT2D eigenvalue weighted by molar-refractivity contribution is 9.10. The summed E-state index contributed by atoms with van der Waals surface area (Å²) in [6.45, 7) is 1.69. The molecule has 84 valence electrons. The van der Waals surface area contributed by atoms with E-state index >= 15 is 0 Å². The van der Waals surface area contributed by atoms with Gasteiger partial charge in [0.1, 0.15) is 16.5 Å². The summed E-state index contributed by atoms with van der Waals surface area (Å²) in [4.78, 5) is 4.67. The number of hydrogen-bond donors (Lipinski definition) is 1. The van der Waals surface area contributed by atoms with Crippen LogP contribution in [-0.4, -0.2) is 10.1 Å². The summed E-state index contributed by atoms with van der Waals surface area (Å²) < 4.78 is 13.9. The minimum atomic E-state index is -0.836. The Hall–Kier alpha value is -0.780. The highest BCUT2D eigenvalue weighted by Gasteiger charge is 2.16. The third-order valence-corrected chi connectivity index (χ3v) is 4.08. The Morgan fingerprint density at radius 2 is 2.25 bits per heavy atom. The van der Waals surface area contributed by atoms with Crippen LogP contribution < -0.4 is 0 Å². The number of halogens is 2. The van der Waals surface area contributed by atoms with E-state index in [0.29, 0.717) is 20.6 Å². The normalized spacial score (nSPS) is 12.8. The summed E-state index contributed by atoms with van der Waals surface area (Å²) in [6.07, 6.45) is -0.836. The lowest BCUT2D eigenvalue weighted by Crippen LogP contribution is -1.99. The average molecular weight is 302 g/mol. The molecule has 0 bridgehead atoms. The number of benzene rings is 1. The lowest BCUT2D eigenvalue weighted by molar-refractivity contribution is 0.222. The molecule has 16 heavy (non-hydrogen) atoms. The smallest absolute Gasteiger partial charge is 0.126 e. The summed E-state index contributed by atoms with van der Waals surface area (Å²) in [5.74, 6) is -0.308. The van der Waals surface area contributed by atoms with Crippen molar-refractivity contribution < 1.29 is 9.50 Å². The van der Waals surface area contributed by atoms with Gasteiger partial charge >= 0.3 is 0 Å². The number of thiazole rings is 1. The van der Waals surface area contributed by atoms with Gasteiger partial charge in [-0.1, -0.05) is 12.1 Å². The van der Waals surface area contributed by atoms with Crippen molar-refractivity contribution >= 4 is 27.3 Å². The summed E-state index contributed by atoms with van der Waals surface area (Å²) in [7, 11) is 0. The molecule has 0 saturated carbocycles. The monoisotopic (exact) mass is 301 g/mol. The van der Waals surface area contributed by atoms with Crippen LogP contribution in [0.4, 0.5) is 4.39 Å². The molecule has 0 spiro atoms. The van der Waals surface area contributed by atoms with E-state index in [4.69, 9.17) is 0 Å². The number of hydrogen-bond acceptors (Lipinski definition) is 3. The summed E-state index contributed by atoms with van der Waals surface area (Å²) in [5.41, 5.74) is 2.74. The van der Waals surface area contributed by atoms with Gasteiger partial charge in [0.05, 0.1) is 10.4 Å². The molecule has 1 aromatic carbocycles. The van der Waals surface area contributed by atoms with Crippen molar-refractivity contribution in [1.82, 2.24) is 4.98 Å². The van der Waals surface area contributed by atoms with E-state index in [9.17, 15) is 9.50 Å². The van der Waals surface area contributed by atoms with Gasteiger partial charge in [-0.2, -0.15) is 0 Å². The van der Waals surface area contributed by atoms with E-state index in [0.717, 1.165) is 0 Å². The molecule has 0 saturated heterocycles. The Morgan fingerprint density at radius 1 is 1.50 bits per heavy atom. The molecule has 1 aromatic heterocycles. The molecule has 1 unspecified atom stereocenters. The van der Waals surface area contributed by atoms with Crippen LogP contribution in [0.2, 0.25) is 0 Å². The first-order valence-electron chi connectivity index (χ1n) is 4.62. The largest absolute Gasteiger partial charge is 0.383 e. The van der Waals surface area contributed by atoms with E-state index in [1.54, 1.807) is 24.6 Å². The fourth-order valence-corrected chi connectivity index (χ4v) is 2.77. The van der Waals surface area contributed by atoms with Crippen LogP contribution in [0.1, 0.15) is 22.1 Å². The van der Waals surface area contributed by atoms with Crippen molar-refractivity contribution in [2.75, 3.05) is 0 Å². The second-order valence-corrected chi connectivity index (χ2v) is 5.06. The molecule has 0 radical (unpaired) electrons. The molecule has 2 rings (SSSR count). The maximum atomic E-state index is 13.3. The van der Waals surface area contributed by atoms with Crippen LogP contribution in [0.5, 0.6) is 0 Å². The first-order valence-corrected chi connectivity index (χ1v) is 6.30. The minimum Gasteiger partial charge on any atom is -0.383 e. The Balaban J connectivity index is 2.38. The number of aliphatic hydroxyl groups is 1. The molecular formula is C11H9BrFNOS. The molecule has 0 fully saturated rings. The van der Waals surface area contributed by atoms with Crippen molar-refractivity contribution in [1.29, 1.82) is 0 Å². The van der Waals surface area contributed by atoms with Gasteiger partial charge in [-0.05, 0) is 40.0 Å². The summed E-state index contributed by atoms with van der Waals surface area (Å²) in [6, 6.07) is 4.73. The lowest BCUT2D eigenvalue weighted by atomic mass is 10.1. The second-order valence-electron chi connectivity index (χ2n) is 3.42. The molecule has 5 heteroatoms. The first-order chi connectivity index (χ1) is 7.59. The van der Waals surface area contributed by atoms with E-state index in [-0.39, 0.29) is 5.82 Å². The van der Waals surface area contributed by atoms with Gasteiger partial charge in [0.2, 0.25) is 0 Å². The second kappa shape index (κ2) is 4.61. The Bertz CT molecular complexity index is 514. The van der Waals surface area contributed by atoms with Gasteiger partial charge in [-0.25, -0.2) is 9.37 Å². The zero-order chi connectivity index (χ0) is 11.7. The molecule has 2 aromatic rings. The lowest BCUT2D eigenvalue weighted by Gasteiger charge is -2.10. The molecular weight excluding hydrogens is 293 g/mol. The fourth-order valence-electron chi connectivity index (χ4n) is 1.35. The minimum absolute atomic E-state index is 0.308. The van der Waals surface area contributed by atoms with Gasteiger partial charge in [0, 0.05) is 0 Å². The van der Waals surface area contributed by atoms with Gasteiger partial charge in [-0.15, -0.1) is 11.3 Å². The maximum Gasteiger partial charge on any atom is 0.126 e. The third kappa shape index (κ3) is 2.16. The maximum absolute atomic E-state index is 13.3. The zero-order valence-electron chi connectivity index (χ0n) is 8.45. The number of aromatic nitrogens is 1. The summed E-state index contributed by atoms with van der Waals surface area (Å²) >= 11 is 4.57. The van der Waals surface area contributed by atoms with Gasteiger partial charge in [-0.3, -0.25) is 0 Å².